The SMILES string of the molecule is C=C1C2CCCN2C(=C)N1c1ccc(C#N)c(C#N)c1C. The minimum absolute atomic E-state index is 0.318. The maximum Gasteiger partial charge on any atom is 0.106 e. The van der Waals surface area contributed by atoms with Crippen LogP contribution in [0.3, 0.4) is 0 Å². The van der Waals surface area contributed by atoms with Crippen molar-refractivity contribution in [1.29, 1.82) is 10.5 Å². The zero-order chi connectivity index (χ0) is 15.1. The number of nitriles is 2. The fraction of sp³-hybridized carbons (Fsp3) is 0.294. The van der Waals surface area contributed by atoms with E-state index < -0.39 is 0 Å². The Bertz CT molecular complexity index is 710. The van der Waals surface area contributed by atoms with E-state index in [-0.39, 0.29) is 0 Å². The third-order valence-electron chi connectivity index (χ3n) is 4.42. The Labute approximate surface area is 124 Å². The van der Waals surface area contributed by atoms with E-state index in [0.717, 1.165) is 42.2 Å². The molecule has 2 aliphatic rings. The van der Waals surface area contributed by atoms with Crippen molar-refractivity contribution in [2.24, 2.45) is 0 Å². The van der Waals surface area contributed by atoms with Crippen molar-refractivity contribution >= 4 is 5.69 Å². The highest BCUT2D eigenvalue weighted by molar-refractivity contribution is 5.70. The molecule has 104 valence electrons. The van der Waals surface area contributed by atoms with Crippen LogP contribution in [-0.2, 0) is 0 Å². The molecule has 0 amide bonds. The molecule has 2 fully saturated rings. The highest BCUT2D eigenvalue weighted by Gasteiger charge is 2.40. The molecule has 4 heteroatoms. The van der Waals surface area contributed by atoms with Gasteiger partial charge in [-0.3, -0.25) is 4.90 Å². The lowest BCUT2D eigenvalue weighted by Gasteiger charge is -2.25. The Morgan fingerprint density at radius 2 is 2.00 bits per heavy atom. The fourth-order valence-corrected chi connectivity index (χ4v) is 3.34. The highest BCUT2D eigenvalue weighted by atomic mass is 15.4. The standard InChI is InChI=1S/C17H16N4/c1-11-15(10-19)14(9-18)6-7-16(11)21-12(2)17-5-4-8-20(17)13(21)3/h6-7,17H,2-5,8H2,1H3. The fourth-order valence-electron chi connectivity index (χ4n) is 3.34. The summed E-state index contributed by atoms with van der Waals surface area (Å²) in [7, 11) is 0. The lowest BCUT2D eigenvalue weighted by molar-refractivity contribution is 0.397. The minimum atomic E-state index is 0.318. The highest BCUT2D eigenvalue weighted by Crippen LogP contribution is 2.42. The number of nitrogens with zero attached hydrogens (tertiary/aromatic N) is 4. The van der Waals surface area contributed by atoms with Gasteiger partial charge >= 0.3 is 0 Å². The number of hydrogen-bond donors (Lipinski definition) is 0. The molecule has 4 nitrogen and oxygen atoms in total. The van der Waals surface area contributed by atoms with Crippen molar-refractivity contribution in [2.75, 3.05) is 11.4 Å². The van der Waals surface area contributed by atoms with E-state index >= 15 is 0 Å². The second kappa shape index (κ2) is 4.68. The molecule has 3 rings (SSSR count). The van der Waals surface area contributed by atoms with E-state index in [1.165, 1.54) is 0 Å². The van der Waals surface area contributed by atoms with E-state index in [2.05, 4.69) is 30.2 Å². The largest absolute Gasteiger partial charge is 0.350 e. The van der Waals surface area contributed by atoms with Crippen LogP contribution < -0.4 is 4.90 Å². The summed E-state index contributed by atoms with van der Waals surface area (Å²) in [6, 6.07) is 8.11. The molecular weight excluding hydrogens is 260 g/mol. The average Bonchev–Trinajstić information content (AvgIpc) is 3.04. The van der Waals surface area contributed by atoms with Crippen LogP contribution in [0, 0.1) is 29.6 Å². The Kier molecular flexibility index (Phi) is 2.96. The second-order valence-electron chi connectivity index (χ2n) is 5.45. The van der Waals surface area contributed by atoms with Crippen molar-refractivity contribution in [3.8, 4) is 12.1 Å². The first-order chi connectivity index (χ1) is 10.1. The molecule has 1 aromatic rings. The minimum Gasteiger partial charge on any atom is -0.350 e. The summed E-state index contributed by atoms with van der Waals surface area (Å²) in [5, 5.41) is 18.4. The van der Waals surface area contributed by atoms with Gasteiger partial charge in [0.1, 0.15) is 18.0 Å². The van der Waals surface area contributed by atoms with Gasteiger partial charge in [0.15, 0.2) is 0 Å². The third-order valence-corrected chi connectivity index (χ3v) is 4.42. The van der Waals surface area contributed by atoms with E-state index in [4.69, 9.17) is 5.26 Å². The predicted octanol–water partition coefficient (Wildman–Crippen LogP) is 3.01. The van der Waals surface area contributed by atoms with Gasteiger partial charge in [0, 0.05) is 12.2 Å². The first-order valence-electron chi connectivity index (χ1n) is 6.98. The molecule has 1 aromatic carbocycles. The molecule has 1 unspecified atom stereocenters. The Balaban J connectivity index is 2.11. The van der Waals surface area contributed by atoms with Gasteiger partial charge < -0.3 is 4.90 Å². The van der Waals surface area contributed by atoms with Crippen LogP contribution in [0.4, 0.5) is 5.69 Å². The quantitative estimate of drug-likeness (QED) is 0.791. The molecule has 21 heavy (non-hydrogen) atoms. The van der Waals surface area contributed by atoms with Crippen molar-refractivity contribution in [1.82, 2.24) is 4.90 Å². The van der Waals surface area contributed by atoms with Crippen LogP contribution in [-0.4, -0.2) is 17.5 Å². The van der Waals surface area contributed by atoms with Gasteiger partial charge in [-0.05, 0) is 37.5 Å². The van der Waals surface area contributed by atoms with Gasteiger partial charge in [-0.1, -0.05) is 13.2 Å². The number of benzene rings is 1. The Hall–Kier alpha value is -2.72. The molecule has 0 bridgehead atoms. The topological polar surface area (TPSA) is 54.1 Å². The zero-order valence-electron chi connectivity index (χ0n) is 12.1. The molecule has 0 aliphatic carbocycles. The van der Waals surface area contributed by atoms with Gasteiger partial charge in [-0.2, -0.15) is 10.5 Å². The zero-order valence-corrected chi connectivity index (χ0v) is 12.1. The summed E-state index contributed by atoms with van der Waals surface area (Å²) < 4.78 is 0. The van der Waals surface area contributed by atoms with Crippen LogP contribution in [0.1, 0.15) is 29.5 Å². The lowest BCUT2D eigenvalue weighted by Crippen LogP contribution is -2.22. The maximum absolute atomic E-state index is 9.32. The molecule has 0 saturated carbocycles. The van der Waals surface area contributed by atoms with Crippen LogP contribution in [0.15, 0.2) is 36.8 Å². The van der Waals surface area contributed by atoms with Crippen molar-refractivity contribution in [2.45, 2.75) is 25.8 Å². The summed E-state index contributed by atoms with van der Waals surface area (Å²) >= 11 is 0. The normalized spacial score (nSPS) is 20.4. The number of rotatable bonds is 1. The first-order valence-corrected chi connectivity index (χ1v) is 6.98. The van der Waals surface area contributed by atoms with Crippen molar-refractivity contribution in [3.63, 3.8) is 0 Å². The first kappa shape index (κ1) is 13.3. The number of anilines is 1. The molecule has 0 radical (unpaired) electrons. The van der Waals surface area contributed by atoms with Crippen molar-refractivity contribution in [3.05, 3.63) is 53.5 Å². The summed E-state index contributed by atoms with van der Waals surface area (Å²) in [5.41, 5.74) is 3.56. The van der Waals surface area contributed by atoms with Crippen LogP contribution in [0.25, 0.3) is 0 Å². The average molecular weight is 276 g/mol. The van der Waals surface area contributed by atoms with Gasteiger partial charge in [0.25, 0.3) is 0 Å². The van der Waals surface area contributed by atoms with Gasteiger partial charge in [0.2, 0.25) is 0 Å². The monoisotopic (exact) mass is 276 g/mol. The Morgan fingerprint density at radius 3 is 2.62 bits per heavy atom. The van der Waals surface area contributed by atoms with E-state index in [9.17, 15) is 5.26 Å². The van der Waals surface area contributed by atoms with Crippen LogP contribution >= 0.6 is 0 Å². The summed E-state index contributed by atoms with van der Waals surface area (Å²) in [5.74, 6) is 0.916. The van der Waals surface area contributed by atoms with Crippen LogP contribution in [0.2, 0.25) is 0 Å². The molecule has 1 atom stereocenters. The molecule has 0 spiro atoms. The second-order valence-corrected chi connectivity index (χ2v) is 5.45. The van der Waals surface area contributed by atoms with E-state index in [0.29, 0.717) is 17.2 Å². The number of fused-ring (bicyclic) bond motifs is 1. The van der Waals surface area contributed by atoms with Crippen molar-refractivity contribution < 1.29 is 0 Å². The van der Waals surface area contributed by atoms with Gasteiger partial charge in [0.05, 0.1) is 22.9 Å². The predicted molar refractivity (Wildman–Crippen MR) is 81.1 cm³/mol. The molecule has 2 aliphatic heterocycles. The van der Waals surface area contributed by atoms with Gasteiger partial charge in [-0.25, -0.2) is 0 Å². The smallest absolute Gasteiger partial charge is 0.106 e. The van der Waals surface area contributed by atoms with Gasteiger partial charge in [-0.15, -0.1) is 0 Å². The molecule has 0 aromatic heterocycles. The van der Waals surface area contributed by atoms with Crippen LogP contribution in [0.5, 0.6) is 0 Å². The van der Waals surface area contributed by atoms with E-state index in [1.54, 1.807) is 6.07 Å². The Morgan fingerprint density at radius 1 is 1.24 bits per heavy atom. The summed E-state index contributed by atoms with van der Waals surface area (Å²) in [4.78, 5) is 4.30. The molecule has 2 saturated heterocycles. The summed E-state index contributed by atoms with van der Waals surface area (Å²) in [6.45, 7) is 11.3. The maximum atomic E-state index is 9.32. The lowest BCUT2D eigenvalue weighted by atomic mass is 10.0. The number of hydrogen-bond acceptors (Lipinski definition) is 4. The molecule has 2 heterocycles. The molecular formula is C17H16N4. The van der Waals surface area contributed by atoms with E-state index in [1.807, 2.05) is 17.9 Å². The third kappa shape index (κ3) is 1.73. The summed E-state index contributed by atoms with van der Waals surface area (Å²) in [6.07, 6.45) is 2.25. The molecule has 0 N–H and O–H groups in total.